The molecule has 7 nitrogen and oxygen atoms in total. The van der Waals surface area contributed by atoms with Crippen LogP contribution in [0.15, 0.2) is 60.7 Å². The van der Waals surface area contributed by atoms with Gasteiger partial charge in [-0.3, -0.25) is 10.1 Å². The second-order valence-electron chi connectivity index (χ2n) is 6.22. The maximum absolute atomic E-state index is 12.4. The second-order valence-corrected chi connectivity index (χ2v) is 7.77. The highest BCUT2D eigenvalue weighted by Crippen LogP contribution is 2.31. The molecule has 0 saturated heterocycles. The van der Waals surface area contributed by atoms with Crippen LogP contribution in [0.25, 0.3) is 0 Å². The van der Waals surface area contributed by atoms with Crippen molar-refractivity contribution in [1.82, 2.24) is 0 Å². The summed E-state index contributed by atoms with van der Waals surface area (Å²) in [6, 6.07) is 17.7. The summed E-state index contributed by atoms with van der Waals surface area (Å²) in [5.74, 6) is -0.436. The van der Waals surface area contributed by atoms with E-state index in [4.69, 9.17) is 17.0 Å². The summed E-state index contributed by atoms with van der Waals surface area (Å²) in [6.07, 6.45) is 0.671. The van der Waals surface area contributed by atoms with E-state index < -0.39 is 10.9 Å². The Balaban J connectivity index is 1.79. The highest BCUT2D eigenvalue weighted by atomic mass is 32.1. The van der Waals surface area contributed by atoms with E-state index in [1.165, 1.54) is 23.5 Å². The van der Waals surface area contributed by atoms with Gasteiger partial charge in [0.25, 0.3) is 5.69 Å². The van der Waals surface area contributed by atoms with Gasteiger partial charge >= 0.3 is 5.97 Å². The number of esters is 1. The molecular formula is C21H19N3O4S2. The fourth-order valence-corrected chi connectivity index (χ4v) is 4.11. The molecular weight excluding hydrogens is 422 g/mol. The van der Waals surface area contributed by atoms with Gasteiger partial charge in [-0.25, -0.2) is 4.79 Å². The van der Waals surface area contributed by atoms with Crippen LogP contribution in [0.2, 0.25) is 0 Å². The lowest BCUT2D eigenvalue weighted by Crippen LogP contribution is -2.20. The van der Waals surface area contributed by atoms with E-state index in [2.05, 4.69) is 10.6 Å². The minimum atomic E-state index is -0.477. The van der Waals surface area contributed by atoms with Crippen molar-refractivity contribution >= 4 is 51.0 Å². The molecule has 9 heteroatoms. The lowest BCUT2D eigenvalue weighted by Gasteiger charge is -2.10. The van der Waals surface area contributed by atoms with Crippen molar-refractivity contribution in [2.75, 3.05) is 17.2 Å². The van der Waals surface area contributed by atoms with Crippen molar-refractivity contribution in [3.8, 4) is 0 Å². The fourth-order valence-electron chi connectivity index (χ4n) is 2.74. The number of carbonyl (C=O) groups is 1. The first kappa shape index (κ1) is 21.4. The maximum Gasteiger partial charge on any atom is 0.341 e. The van der Waals surface area contributed by atoms with Crippen LogP contribution in [0.5, 0.6) is 0 Å². The highest BCUT2D eigenvalue weighted by Gasteiger charge is 2.19. The Labute approximate surface area is 182 Å². The number of hydrogen-bond acceptors (Lipinski definition) is 6. The number of ether oxygens (including phenoxy) is 1. The molecule has 1 heterocycles. The molecule has 3 rings (SSSR count). The van der Waals surface area contributed by atoms with Gasteiger partial charge < -0.3 is 15.4 Å². The van der Waals surface area contributed by atoms with Crippen LogP contribution in [-0.4, -0.2) is 22.6 Å². The van der Waals surface area contributed by atoms with Crippen LogP contribution in [0, 0.1) is 10.1 Å². The van der Waals surface area contributed by atoms with Crippen LogP contribution >= 0.6 is 23.6 Å². The van der Waals surface area contributed by atoms with E-state index in [9.17, 15) is 14.9 Å². The van der Waals surface area contributed by atoms with Crippen molar-refractivity contribution in [1.29, 1.82) is 0 Å². The minimum absolute atomic E-state index is 0.0451. The molecule has 0 amide bonds. The molecule has 1 aromatic heterocycles. The first-order valence-electron chi connectivity index (χ1n) is 9.12. The summed E-state index contributed by atoms with van der Waals surface area (Å²) in [7, 11) is 0. The Bertz CT molecular complexity index is 1070. The van der Waals surface area contributed by atoms with E-state index in [0.29, 0.717) is 22.7 Å². The van der Waals surface area contributed by atoms with Crippen LogP contribution in [0.1, 0.15) is 27.7 Å². The number of nitrogens with zero attached hydrogens (tertiary/aromatic N) is 1. The van der Waals surface area contributed by atoms with Crippen LogP contribution in [0.4, 0.5) is 16.4 Å². The molecule has 0 bridgehead atoms. The largest absolute Gasteiger partial charge is 0.462 e. The number of hydrogen-bond donors (Lipinski definition) is 2. The number of rotatable bonds is 7. The standard InChI is InChI=1S/C21H19N3O4S2/c1-2-28-20(25)18-13-17(11-14-7-4-3-5-8-14)30-19(18)23-21(29)22-15-9-6-10-16(12-15)24(26)27/h3-10,12-13H,2,11H2,1H3,(H2,22,23,29). The average molecular weight is 442 g/mol. The third kappa shape index (κ3) is 5.62. The van der Waals surface area contributed by atoms with Crippen LogP contribution in [0.3, 0.4) is 0 Å². The third-order valence-corrected chi connectivity index (χ3v) is 5.30. The van der Waals surface area contributed by atoms with E-state index >= 15 is 0 Å². The molecule has 3 aromatic rings. The summed E-state index contributed by atoms with van der Waals surface area (Å²) in [4.78, 5) is 23.8. The monoisotopic (exact) mass is 441 g/mol. The Morgan fingerprint density at radius 2 is 1.90 bits per heavy atom. The molecule has 2 N–H and O–H groups in total. The van der Waals surface area contributed by atoms with Gasteiger partial charge in [-0.1, -0.05) is 36.4 Å². The quantitative estimate of drug-likeness (QED) is 0.224. The lowest BCUT2D eigenvalue weighted by atomic mass is 10.1. The highest BCUT2D eigenvalue weighted by molar-refractivity contribution is 7.80. The van der Waals surface area contributed by atoms with Crippen molar-refractivity contribution in [3.63, 3.8) is 0 Å². The molecule has 0 unspecified atom stereocenters. The Kier molecular flexibility index (Phi) is 7.10. The third-order valence-electron chi connectivity index (χ3n) is 4.04. The number of non-ortho nitro benzene ring substituents is 1. The summed E-state index contributed by atoms with van der Waals surface area (Å²) < 4.78 is 5.16. The summed E-state index contributed by atoms with van der Waals surface area (Å²) in [6.45, 7) is 2.01. The van der Waals surface area contributed by atoms with Crippen molar-refractivity contribution in [3.05, 3.63) is 86.8 Å². The predicted octanol–water partition coefficient (Wildman–Crippen LogP) is 5.23. The van der Waals surface area contributed by atoms with Crippen LogP contribution in [-0.2, 0) is 11.2 Å². The van der Waals surface area contributed by atoms with Gasteiger partial charge in [0.15, 0.2) is 5.11 Å². The van der Waals surface area contributed by atoms with Crippen molar-refractivity contribution in [2.24, 2.45) is 0 Å². The topological polar surface area (TPSA) is 93.5 Å². The van der Waals surface area contributed by atoms with Crippen molar-refractivity contribution < 1.29 is 14.5 Å². The first-order valence-corrected chi connectivity index (χ1v) is 10.3. The molecule has 0 fully saturated rings. The number of carbonyl (C=O) groups excluding carboxylic acids is 1. The molecule has 0 atom stereocenters. The van der Waals surface area contributed by atoms with Gasteiger partial charge in [0.05, 0.1) is 17.1 Å². The van der Waals surface area contributed by atoms with E-state index in [0.717, 1.165) is 10.4 Å². The first-order chi connectivity index (χ1) is 14.5. The summed E-state index contributed by atoms with van der Waals surface area (Å²) >= 11 is 6.75. The fraction of sp³-hybridized carbons (Fsp3) is 0.143. The average Bonchev–Trinajstić information content (AvgIpc) is 3.11. The van der Waals surface area contributed by atoms with Gasteiger partial charge in [-0.05, 0) is 36.8 Å². The summed E-state index contributed by atoms with van der Waals surface area (Å²) in [5, 5.41) is 17.7. The molecule has 0 aliphatic heterocycles. The van der Waals surface area contributed by atoms with Gasteiger partial charge in [0.1, 0.15) is 5.00 Å². The smallest absolute Gasteiger partial charge is 0.341 e. The molecule has 0 aliphatic rings. The van der Waals surface area contributed by atoms with Gasteiger partial charge in [-0.15, -0.1) is 11.3 Å². The van der Waals surface area contributed by atoms with E-state index in [1.807, 2.05) is 30.3 Å². The molecule has 0 radical (unpaired) electrons. The second kappa shape index (κ2) is 9.95. The zero-order valence-corrected chi connectivity index (χ0v) is 17.7. The number of nitrogens with one attached hydrogen (secondary N) is 2. The summed E-state index contributed by atoms with van der Waals surface area (Å²) in [5.41, 5.74) is 1.95. The lowest BCUT2D eigenvalue weighted by molar-refractivity contribution is -0.384. The molecule has 2 aromatic carbocycles. The number of thiocarbonyl (C=S) groups is 1. The van der Waals surface area contributed by atoms with Crippen LogP contribution < -0.4 is 10.6 Å². The maximum atomic E-state index is 12.4. The normalized spacial score (nSPS) is 10.3. The molecule has 154 valence electrons. The number of thiophene rings is 1. The van der Waals surface area contributed by atoms with E-state index in [1.54, 1.807) is 25.1 Å². The van der Waals surface area contributed by atoms with Gasteiger partial charge in [0, 0.05) is 29.1 Å². The predicted molar refractivity (Wildman–Crippen MR) is 122 cm³/mol. The number of nitro groups is 1. The number of benzene rings is 2. The molecule has 30 heavy (non-hydrogen) atoms. The number of anilines is 2. The Hall–Kier alpha value is -3.30. The molecule has 0 saturated carbocycles. The SMILES string of the molecule is CCOC(=O)c1cc(Cc2ccccc2)sc1NC(=S)Nc1cccc([N+](=O)[O-])c1. The minimum Gasteiger partial charge on any atom is -0.462 e. The Morgan fingerprint density at radius 1 is 1.13 bits per heavy atom. The molecule has 0 aliphatic carbocycles. The zero-order valence-electron chi connectivity index (χ0n) is 16.1. The molecule has 0 spiro atoms. The van der Waals surface area contributed by atoms with Gasteiger partial charge in [0.2, 0.25) is 0 Å². The van der Waals surface area contributed by atoms with Crippen molar-refractivity contribution in [2.45, 2.75) is 13.3 Å². The van der Waals surface area contributed by atoms with Gasteiger partial charge in [-0.2, -0.15) is 0 Å². The van der Waals surface area contributed by atoms with E-state index in [-0.39, 0.29) is 17.4 Å². The number of nitro benzene ring substituents is 1. The zero-order chi connectivity index (χ0) is 21.5. The Morgan fingerprint density at radius 3 is 2.60 bits per heavy atom.